The number of benzene rings is 2. The van der Waals surface area contributed by atoms with Gasteiger partial charge in [0.25, 0.3) is 0 Å². The van der Waals surface area contributed by atoms with E-state index >= 15 is 0 Å². The first-order valence-corrected chi connectivity index (χ1v) is 11.5. The van der Waals surface area contributed by atoms with Gasteiger partial charge in [0.2, 0.25) is 5.91 Å². The summed E-state index contributed by atoms with van der Waals surface area (Å²) < 4.78 is 5.55. The molecule has 0 aromatic heterocycles. The lowest BCUT2D eigenvalue weighted by Gasteiger charge is -2.24. The van der Waals surface area contributed by atoms with E-state index in [-0.39, 0.29) is 37.8 Å². The molecular formula is C26H30N2O5. The standard InChI is InChI=1S/C26H30N2O5/c1-17(14-24(29)28(13-12-25(30)31)15-18-10-11-18)27-26(32)33-16-23-21-8-4-2-6-19(21)20-7-3-5-9-22(20)23/h2-9,17-18,23H,10-16H2,1H3,(H,27,32)(H,30,31)/t17-/m0/s1. The molecule has 2 aliphatic carbocycles. The summed E-state index contributed by atoms with van der Waals surface area (Å²) >= 11 is 0. The maximum absolute atomic E-state index is 12.7. The Labute approximate surface area is 193 Å². The molecule has 174 valence electrons. The topological polar surface area (TPSA) is 95.9 Å². The SMILES string of the molecule is C[C@@H](CC(=O)N(CCC(=O)O)CC1CC1)NC(=O)OCC1c2ccccc2-c2ccccc21. The Morgan fingerprint density at radius 1 is 1.06 bits per heavy atom. The number of carbonyl (C=O) groups excluding carboxylic acids is 2. The minimum absolute atomic E-state index is 0.0230. The van der Waals surface area contributed by atoms with Crippen LogP contribution in [0.5, 0.6) is 0 Å². The molecule has 2 aromatic rings. The van der Waals surface area contributed by atoms with Gasteiger partial charge in [-0.1, -0.05) is 48.5 Å². The molecule has 0 bridgehead atoms. The molecule has 0 saturated heterocycles. The highest BCUT2D eigenvalue weighted by molar-refractivity contribution is 5.80. The van der Waals surface area contributed by atoms with Gasteiger partial charge in [0.15, 0.2) is 0 Å². The number of nitrogens with zero attached hydrogens (tertiary/aromatic N) is 1. The smallest absolute Gasteiger partial charge is 0.407 e. The van der Waals surface area contributed by atoms with Crippen LogP contribution in [-0.2, 0) is 14.3 Å². The Morgan fingerprint density at radius 3 is 2.24 bits per heavy atom. The Morgan fingerprint density at radius 2 is 1.67 bits per heavy atom. The number of hydrogen-bond acceptors (Lipinski definition) is 4. The molecule has 33 heavy (non-hydrogen) atoms. The van der Waals surface area contributed by atoms with Crippen LogP contribution in [0.3, 0.4) is 0 Å². The predicted molar refractivity (Wildman–Crippen MR) is 124 cm³/mol. The highest BCUT2D eigenvalue weighted by Gasteiger charge is 2.30. The van der Waals surface area contributed by atoms with Gasteiger partial charge in [-0.05, 0) is 47.9 Å². The molecule has 0 unspecified atom stereocenters. The lowest BCUT2D eigenvalue weighted by molar-refractivity contribution is -0.138. The van der Waals surface area contributed by atoms with Crippen LogP contribution in [0.1, 0.15) is 49.7 Å². The summed E-state index contributed by atoms with van der Waals surface area (Å²) in [6.07, 6.45) is 1.62. The minimum atomic E-state index is -0.923. The fourth-order valence-electron chi connectivity index (χ4n) is 4.44. The highest BCUT2D eigenvalue weighted by atomic mass is 16.5. The van der Waals surface area contributed by atoms with Gasteiger partial charge in [0, 0.05) is 31.5 Å². The quantitative estimate of drug-likeness (QED) is 0.570. The second kappa shape index (κ2) is 10.1. The lowest BCUT2D eigenvalue weighted by Crippen LogP contribution is -2.41. The van der Waals surface area contributed by atoms with E-state index in [1.807, 2.05) is 24.3 Å². The third-order valence-corrected chi connectivity index (χ3v) is 6.31. The molecule has 7 nitrogen and oxygen atoms in total. The van der Waals surface area contributed by atoms with Gasteiger partial charge in [0.05, 0.1) is 6.42 Å². The normalized spacial score (nSPS) is 15.3. The first-order chi connectivity index (χ1) is 15.9. The lowest BCUT2D eigenvalue weighted by atomic mass is 9.98. The summed E-state index contributed by atoms with van der Waals surface area (Å²) in [6.45, 7) is 2.75. The number of carboxylic acid groups (broad SMARTS) is 1. The molecule has 1 saturated carbocycles. The van der Waals surface area contributed by atoms with E-state index in [4.69, 9.17) is 9.84 Å². The molecule has 2 aromatic carbocycles. The van der Waals surface area contributed by atoms with Gasteiger partial charge in [-0.25, -0.2) is 4.79 Å². The van der Waals surface area contributed by atoms with Gasteiger partial charge in [-0.3, -0.25) is 9.59 Å². The summed E-state index contributed by atoms with van der Waals surface area (Å²) in [4.78, 5) is 37.7. The van der Waals surface area contributed by atoms with Crippen molar-refractivity contribution in [2.75, 3.05) is 19.7 Å². The van der Waals surface area contributed by atoms with E-state index in [0.717, 1.165) is 35.1 Å². The zero-order valence-corrected chi connectivity index (χ0v) is 18.8. The summed E-state index contributed by atoms with van der Waals surface area (Å²) in [5, 5.41) is 11.7. The predicted octanol–water partition coefficient (Wildman–Crippen LogP) is 4.02. The van der Waals surface area contributed by atoms with Crippen molar-refractivity contribution in [1.29, 1.82) is 0 Å². The number of ether oxygens (including phenoxy) is 1. The minimum Gasteiger partial charge on any atom is -0.481 e. The van der Waals surface area contributed by atoms with Gasteiger partial charge in [-0.15, -0.1) is 0 Å². The van der Waals surface area contributed by atoms with Crippen molar-refractivity contribution in [3.8, 4) is 11.1 Å². The van der Waals surface area contributed by atoms with Crippen LogP contribution in [0.4, 0.5) is 4.79 Å². The number of fused-ring (bicyclic) bond motifs is 3. The zero-order chi connectivity index (χ0) is 23.4. The first-order valence-electron chi connectivity index (χ1n) is 11.5. The average Bonchev–Trinajstić information content (AvgIpc) is 3.55. The van der Waals surface area contributed by atoms with Crippen molar-refractivity contribution in [3.05, 3.63) is 59.7 Å². The molecule has 2 N–H and O–H groups in total. The van der Waals surface area contributed by atoms with E-state index in [1.165, 1.54) is 0 Å². The Balaban J connectivity index is 1.30. The molecular weight excluding hydrogens is 420 g/mol. The largest absolute Gasteiger partial charge is 0.481 e. The second-order valence-corrected chi connectivity index (χ2v) is 9.00. The van der Waals surface area contributed by atoms with Crippen molar-refractivity contribution < 1.29 is 24.2 Å². The molecule has 4 rings (SSSR count). The number of carboxylic acids is 1. The summed E-state index contributed by atoms with van der Waals surface area (Å²) in [5.74, 6) is -0.624. The van der Waals surface area contributed by atoms with Crippen LogP contribution in [0.2, 0.25) is 0 Å². The van der Waals surface area contributed by atoms with E-state index < -0.39 is 18.1 Å². The Kier molecular flexibility index (Phi) is 6.96. The van der Waals surface area contributed by atoms with E-state index in [1.54, 1.807) is 11.8 Å². The van der Waals surface area contributed by atoms with Gasteiger partial charge in [0.1, 0.15) is 6.61 Å². The number of alkyl carbamates (subject to hydrolysis) is 1. The van der Waals surface area contributed by atoms with Crippen molar-refractivity contribution in [2.24, 2.45) is 5.92 Å². The molecule has 0 aliphatic heterocycles. The number of carbonyl (C=O) groups is 3. The first kappa shape index (κ1) is 22.8. The van der Waals surface area contributed by atoms with Gasteiger partial charge >= 0.3 is 12.1 Å². The maximum Gasteiger partial charge on any atom is 0.407 e. The summed E-state index contributed by atoms with van der Waals surface area (Å²) in [5.41, 5.74) is 4.61. The number of amides is 2. The van der Waals surface area contributed by atoms with E-state index in [9.17, 15) is 14.4 Å². The van der Waals surface area contributed by atoms with Crippen molar-refractivity contribution in [2.45, 2.75) is 44.6 Å². The monoisotopic (exact) mass is 450 g/mol. The van der Waals surface area contributed by atoms with Crippen LogP contribution >= 0.6 is 0 Å². The molecule has 2 aliphatic rings. The van der Waals surface area contributed by atoms with E-state index in [0.29, 0.717) is 12.5 Å². The summed E-state index contributed by atoms with van der Waals surface area (Å²) in [7, 11) is 0. The van der Waals surface area contributed by atoms with Crippen molar-refractivity contribution in [1.82, 2.24) is 10.2 Å². The fourth-order valence-corrected chi connectivity index (χ4v) is 4.44. The zero-order valence-electron chi connectivity index (χ0n) is 18.8. The third-order valence-electron chi connectivity index (χ3n) is 6.31. The molecule has 0 heterocycles. The highest BCUT2D eigenvalue weighted by Crippen LogP contribution is 2.44. The molecule has 0 radical (unpaired) electrons. The van der Waals surface area contributed by atoms with Crippen LogP contribution in [0.15, 0.2) is 48.5 Å². The second-order valence-electron chi connectivity index (χ2n) is 9.00. The third kappa shape index (κ3) is 5.72. The van der Waals surface area contributed by atoms with Crippen LogP contribution in [0, 0.1) is 5.92 Å². The van der Waals surface area contributed by atoms with Crippen LogP contribution in [0.25, 0.3) is 11.1 Å². The van der Waals surface area contributed by atoms with Gasteiger partial charge in [-0.2, -0.15) is 0 Å². The molecule has 0 spiro atoms. The number of rotatable bonds is 10. The van der Waals surface area contributed by atoms with Gasteiger partial charge < -0.3 is 20.1 Å². The molecule has 1 atom stereocenters. The fraction of sp³-hybridized carbons (Fsp3) is 0.423. The molecule has 1 fully saturated rings. The Bertz CT molecular complexity index is 987. The van der Waals surface area contributed by atoms with Crippen LogP contribution < -0.4 is 5.32 Å². The Hall–Kier alpha value is -3.35. The molecule has 2 amide bonds. The number of aliphatic carboxylic acids is 1. The summed E-state index contributed by atoms with van der Waals surface area (Å²) in [6, 6.07) is 15.9. The number of hydrogen-bond donors (Lipinski definition) is 2. The van der Waals surface area contributed by atoms with Crippen molar-refractivity contribution in [3.63, 3.8) is 0 Å². The van der Waals surface area contributed by atoms with Crippen LogP contribution in [-0.4, -0.2) is 53.7 Å². The average molecular weight is 451 g/mol. The number of nitrogens with one attached hydrogen (secondary N) is 1. The maximum atomic E-state index is 12.7. The van der Waals surface area contributed by atoms with E-state index in [2.05, 4.69) is 29.6 Å². The molecule has 7 heteroatoms. The van der Waals surface area contributed by atoms with Crippen molar-refractivity contribution >= 4 is 18.0 Å².